The fourth-order valence-corrected chi connectivity index (χ4v) is 2.01. The van der Waals surface area contributed by atoms with Crippen LogP contribution in [0.25, 0.3) is 17.2 Å². The maximum atomic E-state index is 11.9. The lowest BCUT2D eigenvalue weighted by Gasteiger charge is -2.00. The van der Waals surface area contributed by atoms with Crippen molar-refractivity contribution in [1.82, 2.24) is 15.2 Å². The molecule has 2 heterocycles. The van der Waals surface area contributed by atoms with Crippen LogP contribution in [0.2, 0.25) is 0 Å². The first-order chi connectivity index (χ1) is 10.1. The number of nitrogens with zero attached hydrogens (tertiary/aromatic N) is 2. The number of H-pyrrole nitrogens is 1. The zero-order valence-electron chi connectivity index (χ0n) is 11.7. The highest BCUT2D eigenvalue weighted by Gasteiger charge is 2.08. The van der Waals surface area contributed by atoms with Crippen LogP contribution in [0.5, 0.6) is 0 Å². The van der Waals surface area contributed by atoms with E-state index in [9.17, 15) is 4.79 Å². The van der Waals surface area contributed by atoms with E-state index in [4.69, 9.17) is 4.42 Å². The second kappa shape index (κ2) is 5.24. The van der Waals surface area contributed by atoms with Crippen molar-refractivity contribution in [3.8, 4) is 0 Å². The van der Waals surface area contributed by atoms with Crippen LogP contribution in [0.1, 0.15) is 17.3 Å². The SMILES string of the molecule is Cc1n[nH]c(C)c1NC(=O)/C=C/c1nc2ccccc2o1. The van der Waals surface area contributed by atoms with E-state index >= 15 is 0 Å². The number of amides is 1. The zero-order chi connectivity index (χ0) is 14.8. The van der Waals surface area contributed by atoms with Crippen LogP contribution in [0, 0.1) is 13.8 Å². The van der Waals surface area contributed by atoms with Crippen molar-refractivity contribution in [3.63, 3.8) is 0 Å². The number of fused-ring (bicyclic) bond motifs is 1. The van der Waals surface area contributed by atoms with Gasteiger partial charge in [0.1, 0.15) is 5.52 Å². The van der Waals surface area contributed by atoms with E-state index < -0.39 is 0 Å². The molecule has 106 valence electrons. The highest BCUT2D eigenvalue weighted by molar-refractivity contribution is 6.02. The van der Waals surface area contributed by atoms with Crippen molar-refractivity contribution in [1.29, 1.82) is 0 Å². The van der Waals surface area contributed by atoms with Crippen LogP contribution in [-0.4, -0.2) is 21.1 Å². The van der Waals surface area contributed by atoms with Crippen LogP contribution >= 0.6 is 0 Å². The van der Waals surface area contributed by atoms with E-state index in [1.165, 1.54) is 6.08 Å². The summed E-state index contributed by atoms with van der Waals surface area (Å²) in [7, 11) is 0. The molecule has 0 radical (unpaired) electrons. The third kappa shape index (κ3) is 2.69. The number of anilines is 1. The molecular weight excluding hydrogens is 268 g/mol. The van der Waals surface area contributed by atoms with Crippen LogP contribution in [0.4, 0.5) is 5.69 Å². The smallest absolute Gasteiger partial charge is 0.248 e. The Bertz CT molecular complexity index is 777. The molecule has 0 unspecified atom stereocenters. The minimum Gasteiger partial charge on any atom is -0.437 e. The fraction of sp³-hybridized carbons (Fsp3) is 0.133. The van der Waals surface area contributed by atoms with Gasteiger partial charge >= 0.3 is 0 Å². The van der Waals surface area contributed by atoms with Crippen LogP contribution < -0.4 is 5.32 Å². The number of aromatic amines is 1. The number of carbonyl (C=O) groups excluding carboxylic acids is 1. The molecular formula is C15H14N4O2. The molecule has 1 aromatic carbocycles. The highest BCUT2D eigenvalue weighted by atomic mass is 16.3. The van der Waals surface area contributed by atoms with Crippen molar-refractivity contribution < 1.29 is 9.21 Å². The van der Waals surface area contributed by atoms with Gasteiger partial charge in [0.25, 0.3) is 0 Å². The molecule has 0 saturated heterocycles. The molecule has 6 heteroatoms. The monoisotopic (exact) mass is 282 g/mol. The largest absolute Gasteiger partial charge is 0.437 e. The minimum atomic E-state index is -0.259. The fourth-order valence-electron chi connectivity index (χ4n) is 2.01. The number of para-hydroxylation sites is 2. The molecule has 3 aromatic rings. The van der Waals surface area contributed by atoms with E-state index in [-0.39, 0.29) is 5.91 Å². The number of benzene rings is 1. The first kappa shape index (κ1) is 13.1. The summed E-state index contributed by atoms with van der Waals surface area (Å²) in [4.78, 5) is 16.2. The average molecular weight is 282 g/mol. The van der Waals surface area contributed by atoms with E-state index in [2.05, 4.69) is 20.5 Å². The maximum Gasteiger partial charge on any atom is 0.248 e. The van der Waals surface area contributed by atoms with Crippen molar-refractivity contribution >= 4 is 28.8 Å². The molecule has 0 aliphatic carbocycles. The normalized spacial score (nSPS) is 11.3. The van der Waals surface area contributed by atoms with Gasteiger partial charge in [0.05, 0.1) is 17.1 Å². The number of aromatic nitrogens is 3. The van der Waals surface area contributed by atoms with E-state index in [0.29, 0.717) is 17.2 Å². The molecule has 0 spiro atoms. The molecule has 1 amide bonds. The Hall–Kier alpha value is -2.89. The number of aryl methyl sites for hydroxylation is 2. The molecule has 2 N–H and O–H groups in total. The summed E-state index contributed by atoms with van der Waals surface area (Å²) in [6.45, 7) is 3.67. The van der Waals surface area contributed by atoms with Gasteiger partial charge in [0.15, 0.2) is 5.58 Å². The van der Waals surface area contributed by atoms with Gasteiger partial charge in [-0.05, 0) is 26.0 Å². The summed E-state index contributed by atoms with van der Waals surface area (Å²) in [6.07, 6.45) is 2.93. The molecule has 6 nitrogen and oxygen atoms in total. The van der Waals surface area contributed by atoms with Crippen molar-refractivity contribution in [2.45, 2.75) is 13.8 Å². The second-order valence-corrected chi connectivity index (χ2v) is 4.65. The Kier molecular flexibility index (Phi) is 3.27. The number of hydrogen-bond acceptors (Lipinski definition) is 4. The van der Waals surface area contributed by atoms with Crippen molar-refractivity contribution in [2.75, 3.05) is 5.32 Å². The molecule has 0 saturated carbocycles. The first-order valence-electron chi connectivity index (χ1n) is 6.49. The van der Waals surface area contributed by atoms with Gasteiger partial charge in [-0.3, -0.25) is 9.89 Å². The summed E-state index contributed by atoms with van der Waals surface area (Å²) in [6, 6.07) is 7.44. The average Bonchev–Trinajstić information content (AvgIpc) is 3.03. The summed E-state index contributed by atoms with van der Waals surface area (Å²) < 4.78 is 5.50. The lowest BCUT2D eigenvalue weighted by molar-refractivity contribution is -0.111. The molecule has 0 fully saturated rings. The Morgan fingerprint density at radius 1 is 1.33 bits per heavy atom. The third-order valence-electron chi connectivity index (χ3n) is 3.06. The lowest BCUT2D eigenvalue weighted by Crippen LogP contribution is -2.09. The van der Waals surface area contributed by atoms with E-state index in [1.54, 1.807) is 6.08 Å². The molecule has 0 bridgehead atoms. The highest BCUT2D eigenvalue weighted by Crippen LogP contribution is 2.17. The van der Waals surface area contributed by atoms with Crippen molar-refractivity contribution in [2.24, 2.45) is 0 Å². The topological polar surface area (TPSA) is 83.8 Å². The number of oxazole rings is 1. The Morgan fingerprint density at radius 2 is 2.14 bits per heavy atom. The third-order valence-corrected chi connectivity index (χ3v) is 3.06. The summed E-state index contributed by atoms with van der Waals surface area (Å²) >= 11 is 0. The summed E-state index contributed by atoms with van der Waals surface area (Å²) in [5.74, 6) is 0.136. The Morgan fingerprint density at radius 3 is 2.86 bits per heavy atom. The van der Waals surface area contributed by atoms with Gasteiger partial charge in [-0.2, -0.15) is 5.10 Å². The van der Waals surface area contributed by atoms with E-state index in [0.717, 1.165) is 16.9 Å². The predicted octanol–water partition coefficient (Wildman–Crippen LogP) is 2.82. The number of rotatable bonds is 3. The molecule has 2 aromatic heterocycles. The standard InChI is InChI=1S/C15H14N4O2/c1-9-15(10(2)19-18-9)17-13(20)7-8-14-16-11-5-3-4-6-12(11)21-14/h3-8H,1-2H3,(H,17,20)(H,18,19)/b8-7+. The van der Waals surface area contributed by atoms with Crippen LogP contribution in [-0.2, 0) is 4.79 Å². The Balaban J connectivity index is 1.75. The quantitative estimate of drug-likeness (QED) is 0.723. The number of carbonyl (C=O) groups is 1. The van der Waals surface area contributed by atoms with Gasteiger partial charge in [-0.1, -0.05) is 12.1 Å². The van der Waals surface area contributed by atoms with Gasteiger partial charge in [0.2, 0.25) is 11.8 Å². The first-order valence-corrected chi connectivity index (χ1v) is 6.49. The van der Waals surface area contributed by atoms with E-state index in [1.807, 2.05) is 38.1 Å². The van der Waals surface area contributed by atoms with Crippen LogP contribution in [0.15, 0.2) is 34.8 Å². The zero-order valence-corrected chi connectivity index (χ0v) is 11.7. The number of nitrogens with one attached hydrogen (secondary N) is 2. The van der Waals surface area contributed by atoms with Crippen LogP contribution in [0.3, 0.4) is 0 Å². The van der Waals surface area contributed by atoms with Gasteiger partial charge in [-0.25, -0.2) is 4.98 Å². The number of hydrogen-bond donors (Lipinski definition) is 2. The molecule has 3 rings (SSSR count). The Labute approximate surface area is 120 Å². The molecule has 0 aliphatic heterocycles. The maximum absolute atomic E-state index is 11.9. The molecule has 0 aliphatic rings. The summed E-state index contributed by atoms with van der Waals surface area (Å²) in [5, 5.41) is 9.61. The summed E-state index contributed by atoms with van der Waals surface area (Å²) in [5.41, 5.74) is 3.72. The molecule has 21 heavy (non-hydrogen) atoms. The lowest BCUT2D eigenvalue weighted by atomic mass is 10.3. The predicted molar refractivity (Wildman–Crippen MR) is 79.7 cm³/mol. The van der Waals surface area contributed by atoms with Crippen molar-refractivity contribution in [3.05, 3.63) is 47.6 Å². The minimum absolute atomic E-state index is 0.259. The van der Waals surface area contributed by atoms with Gasteiger partial charge in [0, 0.05) is 12.2 Å². The van der Waals surface area contributed by atoms with Gasteiger partial charge in [-0.15, -0.1) is 0 Å². The second-order valence-electron chi connectivity index (χ2n) is 4.65. The molecule has 0 atom stereocenters. The van der Waals surface area contributed by atoms with Gasteiger partial charge < -0.3 is 9.73 Å².